The quantitative estimate of drug-likeness (QED) is 0.528. The lowest BCUT2D eigenvalue weighted by Crippen LogP contribution is -2.55. The number of hydrogen-bond acceptors (Lipinski definition) is 5. The predicted octanol–water partition coefficient (Wildman–Crippen LogP) is -0.0351. The second-order valence-electron chi connectivity index (χ2n) is 3.03. The second-order valence-corrected chi connectivity index (χ2v) is 3.03. The van der Waals surface area contributed by atoms with Crippen LogP contribution in [0.25, 0.3) is 0 Å². The topological polar surface area (TPSA) is 81.7 Å². The summed E-state index contributed by atoms with van der Waals surface area (Å²) in [6.07, 6.45) is 0. The Morgan fingerprint density at radius 2 is 1.80 bits per heavy atom. The maximum absolute atomic E-state index is 11.4. The van der Waals surface area contributed by atoms with Gasteiger partial charge in [0.2, 0.25) is 5.91 Å². The standard InChI is InChI=1S/C9H15NO5/c1-5-14-8(13)9(4,10-6(2)11)15-7(3)12/h5H2,1-4H3,(H,10,11)/t9-/m1/s1. The van der Waals surface area contributed by atoms with Gasteiger partial charge in [-0.15, -0.1) is 0 Å². The van der Waals surface area contributed by atoms with Gasteiger partial charge in [0.15, 0.2) is 0 Å². The minimum atomic E-state index is -1.76. The highest BCUT2D eigenvalue weighted by molar-refractivity contribution is 5.87. The number of hydrogen-bond donors (Lipinski definition) is 1. The van der Waals surface area contributed by atoms with Crippen LogP contribution < -0.4 is 5.32 Å². The summed E-state index contributed by atoms with van der Waals surface area (Å²) in [6.45, 7) is 5.35. The van der Waals surface area contributed by atoms with Gasteiger partial charge in [-0.3, -0.25) is 9.59 Å². The van der Waals surface area contributed by atoms with Crippen LogP contribution in [0.2, 0.25) is 0 Å². The molecule has 0 bridgehead atoms. The smallest absolute Gasteiger partial charge is 0.372 e. The van der Waals surface area contributed by atoms with Crippen molar-refractivity contribution in [3.05, 3.63) is 0 Å². The molecule has 6 heteroatoms. The summed E-state index contributed by atoms with van der Waals surface area (Å²) in [5.74, 6) is -1.98. The van der Waals surface area contributed by atoms with Crippen molar-refractivity contribution in [3.8, 4) is 0 Å². The molecule has 1 amide bonds. The summed E-state index contributed by atoms with van der Waals surface area (Å²) >= 11 is 0. The summed E-state index contributed by atoms with van der Waals surface area (Å²) in [6, 6.07) is 0. The highest BCUT2D eigenvalue weighted by atomic mass is 16.6. The first-order chi connectivity index (χ1) is 6.81. The van der Waals surface area contributed by atoms with E-state index in [1.54, 1.807) is 6.92 Å². The number of amides is 1. The van der Waals surface area contributed by atoms with E-state index in [0.29, 0.717) is 0 Å². The third-order valence-electron chi connectivity index (χ3n) is 1.43. The first kappa shape index (κ1) is 13.4. The van der Waals surface area contributed by atoms with E-state index in [-0.39, 0.29) is 6.61 Å². The Hall–Kier alpha value is -1.59. The zero-order chi connectivity index (χ0) is 12.1. The first-order valence-electron chi connectivity index (χ1n) is 4.47. The van der Waals surface area contributed by atoms with E-state index in [9.17, 15) is 14.4 Å². The van der Waals surface area contributed by atoms with E-state index in [0.717, 1.165) is 6.92 Å². The Kier molecular flexibility index (Phi) is 4.77. The zero-order valence-electron chi connectivity index (χ0n) is 9.25. The molecule has 0 spiro atoms. The Balaban J connectivity index is 4.74. The van der Waals surface area contributed by atoms with Gasteiger partial charge in [0.1, 0.15) is 0 Å². The van der Waals surface area contributed by atoms with Crippen molar-refractivity contribution in [2.45, 2.75) is 33.4 Å². The van der Waals surface area contributed by atoms with Crippen molar-refractivity contribution in [2.75, 3.05) is 6.61 Å². The Labute approximate surface area is 87.9 Å². The average molecular weight is 217 g/mol. The van der Waals surface area contributed by atoms with Crippen molar-refractivity contribution in [1.29, 1.82) is 0 Å². The molecule has 0 aliphatic heterocycles. The van der Waals surface area contributed by atoms with E-state index < -0.39 is 23.6 Å². The van der Waals surface area contributed by atoms with Crippen LogP contribution in [-0.2, 0) is 23.9 Å². The van der Waals surface area contributed by atoms with E-state index in [2.05, 4.69) is 10.1 Å². The Morgan fingerprint density at radius 1 is 1.27 bits per heavy atom. The van der Waals surface area contributed by atoms with E-state index in [1.807, 2.05) is 0 Å². The fraction of sp³-hybridized carbons (Fsp3) is 0.667. The highest BCUT2D eigenvalue weighted by Crippen LogP contribution is 2.09. The van der Waals surface area contributed by atoms with Gasteiger partial charge in [0.25, 0.3) is 5.72 Å². The summed E-state index contributed by atoms with van der Waals surface area (Å²) in [7, 11) is 0. The minimum Gasteiger partial charge on any atom is -0.462 e. The summed E-state index contributed by atoms with van der Waals surface area (Å²) in [5.41, 5.74) is -1.76. The maximum atomic E-state index is 11.4. The molecule has 15 heavy (non-hydrogen) atoms. The minimum absolute atomic E-state index is 0.134. The number of nitrogens with one attached hydrogen (secondary N) is 1. The number of rotatable bonds is 4. The van der Waals surface area contributed by atoms with Crippen LogP contribution in [0, 0.1) is 0 Å². The SMILES string of the molecule is CCOC(=O)[C@](C)(NC(C)=O)OC(C)=O. The fourth-order valence-corrected chi connectivity index (χ4v) is 1.01. The number of esters is 2. The number of carbonyl (C=O) groups is 3. The van der Waals surface area contributed by atoms with Gasteiger partial charge >= 0.3 is 11.9 Å². The Bertz CT molecular complexity index is 258. The molecule has 0 heterocycles. The van der Waals surface area contributed by atoms with Crippen molar-refractivity contribution in [3.63, 3.8) is 0 Å². The molecule has 86 valence electrons. The second kappa shape index (κ2) is 5.33. The fourth-order valence-electron chi connectivity index (χ4n) is 1.01. The molecule has 0 aromatic rings. The average Bonchev–Trinajstić information content (AvgIpc) is 2.01. The van der Waals surface area contributed by atoms with Gasteiger partial charge < -0.3 is 14.8 Å². The van der Waals surface area contributed by atoms with Gasteiger partial charge in [0.05, 0.1) is 6.61 Å². The van der Waals surface area contributed by atoms with E-state index in [1.165, 1.54) is 13.8 Å². The monoisotopic (exact) mass is 217 g/mol. The van der Waals surface area contributed by atoms with Crippen LogP contribution in [0.15, 0.2) is 0 Å². The molecule has 0 rings (SSSR count). The maximum Gasteiger partial charge on any atom is 0.372 e. The lowest BCUT2D eigenvalue weighted by Gasteiger charge is -2.26. The summed E-state index contributed by atoms with van der Waals surface area (Å²) in [5, 5.41) is 2.22. The normalized spacial score (nSPS) is 13.6. The number of ether oxygens (including phenoxy) is 2. The van der Waals surface area contributed by atoms with Crippen molar-refractivity contribution in [2.24, 2.45) is 0 Å². The van der Waals surface area contributed by atoms with Crippen molar-refractivity contribution < 1.29 is 23.9 Å². The van der Waals surface area contributed by atoms with E-state index >= 15 is 0 Å². The third-order valence-corrected chi connectivity index (χ3v) is 1.43. The van der Waals surface area contributed by atoms with Gasteiger partial charge in [0, 0.05) is 20.8 Å². The van der Waals surface area contributed by atoms with Gasteiger partial charge in [-0.25, -0.2) is 4.79 Å². The van der Waals surface area contributed by atoms with Crippen LogP contribution in [0.3, 0.4) is 0 Å². The van der Waals surface area contributed by atoms with Crippen molar-refractivity contribution in [1.82, 2.24) is 5.32 Å². The lowest BCUT2D eigenvalue weighted by atomic mass is 10.2. The van der Waals surface area contributed by atoms with Crippen LogP contribution in [0.1, 0.15) is 27.7 Å². The largest absolute Gasteiger partial charge is 0.462 e. The first-order valence-corrected chi connectivity index (χ1v) is 4.47. The third kappa shape index (κ3) is 4.44. The molecule has 0 saturated carbocycles. The van der Waals surface area contributed by atoms with Crippen LogP contribution >= 0.6 is 0 Å². The van der Waals surface area contributed by atoms with Crippen LogP contribution in [0.5, 0.6) is 0 Å². The van der Waals surface area contributed by atoms with Gasteiger partial charge in [-0.1, -0.05) is 0 Å². The van der Waals surface area contributed by atoms with Gasteiger partial charge in [-0.05, 0) is 6.92 Å². The molecule has 1 atom stereocenters. The van der Waals surface area contributed by atoms with Crippen LogP contribution in [-0.4, -0.2) is 30.2 Å². The molecular formula is C9H15NO5. The molecule has 0 aromatic carbocycles. The predicted molar refractivity (Wildman–Crippen MR) is 50.6 cm³/mol. The molecule has 0 unspecified atom stereocenters. The molecule has 0 saturated heterocycles. The van der Waals surface area contributed by atoms with Crippen molar-refractivity contribution >= 4 is 17.8 Å². The zero-order valence-corrected chi connectivity index (χ0v) is 9.25. The lowest BCUT2D eigenvalue weighted by molar-refractivity contribution is -0.184. The molecule has 6 nitrogen and oxygen atoms in total. The van der Waals surface area contributed by atoms with Crippen LogP contribution in [0.4, 0.5) is 0 Å². The molecule has 0 aliphatic rings. The number of carbonyl (C=O) groups excluding carboxylic acids is 3. The highest BCUT2D eigenvalue weighted by Gasteiger charge is 2.39. The molecule has 0 aliphatic carbocycles. The molecule has 0 fully saturated rings. The molecule has 0 radical (unpaired) electrons. The molecular weight excluding hydrogens is 202 g/mol. The molecule has 0 aromatic heterocycles. The van der Waals surface area contributed by atoms with E-state index in [4.69, 9.17) is 4.74 Å². The summed E-state index contributed by atoms with van der Waals surface area (Å²) in [4.78, 5) is 33.0. The Morgan fingerprint density at radius 3 is 2.13 bits per heavy atom. The summed E-state index contributed by atoms with van der Waals surface area (Å²) < 4.78 is 9.40. The van der Waals surface area contributed by atoms with Gasteiger partial charge in [-0.2, -0.15) is 0 Å². The molecule has 1 N–H and O–H groups in total.